The number of aliphatic hydroxyl groups is 1. The van der Waals surface area contributed by atoms with Gasteiger partial charge in [0.1, 0.15) is 0 Å². The summed E-state index contributed by atoms with van der Waals surface area (Å²) in [5.41, 5.74) is 0. The first-order chi connectivity index (χ1) is 7.07. The average Bonchev–Trinajstić information content (AvgIpc) is 2.09. The van der Waals surface area contributed by atoms with Gasteiger partial charge in [0.15, 0.2) is 0 Å². The van der Waals surface area contributed by atoms with Gasteiger partial charge >= 0.3 is 11.0 Å². The average molecular weight is 254 g/mol. The zero-order chi connectivity index (χ0) is 13.5. The molecule has 0 aliphatic rings. The van der Waals surface area contributed by atoms with E-state index in [4.69, 9.17) is 25.5 Å². The topological polar surface area (TPSA) is 112 Å². The maximum absolute atomic E-state index is 8.93. The predicted octanol–water partition coefficient (Wildman–Crippen LogP) is -2.92. The molecule has 0 amide bonds. The van der Waals surface area contributed by atoms with Crippen LogP contribution in [0.3, 0.4) is 0 Å². The van der Waals surface area contributed by atoms with Crippen LogP contribution in [0.5, 0.6) is 0 Å². The van der Waals surface area contributed by atoms with Gasteiger partial charge in [-0.25, -0.2) is 0 Å². The molecule has 0 aliphatic heterocycles. The van der Waals surface area contributed by atoms with Crippen molar-refractivity contribution in [1.82, 2.24) is 0 Å². The standard InChI is InChI=1S/C2H6O.4C2H5O.Si/c5*1-2-3;/h3H,2H2,1H3;4*2H2,1H3;/q;4*-1;+4. The normalized spacial score (nSPS) is 5.62. The second-order valence-corrected chi connectivity index (χ2v) is 1.47. The van der Waals surface area contributed by atoms with E-state index in [1.54, 1.807) is 34.6 Å². The van der Waals surface area contributed by atoms with Gasteiger partial charge in [0.25, 0.3) is 0 Å². The molecular formula is C10H26O5Si. The van der Waals surface area contributed by atoms with Gasteiger partial charge in [0.2, 0.25) is 0 Å². The van der Waals surface area contributed by atoms with Crippen molar-refractivity contribution in [3.05, 3.63) is 0 Å². The number of aliphatic hydroxyl groups excluding tert-OH is 1. The minimum atomic E-state index is 0. The van der Waals surface area contributed by atoms with Crippen molar-refractivity contribution < 1.29 is 25.5 Å². The van der Waals surface area contributed by atoms with Crippen LogP contribution in [0.25, 0.3) is 0 Å². The van der Waals surface area contributed by atoms with Gasteiger partial charge in [-0.3, -0.25) is 0 Å². The summed E-state index contributed by atoms with van der Waals surface area (Å²) in [4.78, 5) is 0. The summed E-state index contributed by atoms with van der Waals surface area (Å²) in [6.45, 7) is 8.21. The second kappa shape index (κ2) is 117. The van der Waals surface area contributed by atoms with Gasteiger partial charge in [-0.1, -0.05) is 27.7 Å². The molecule has 0 aromatic heterocycles. The summed E-state index contributed by atoms with van der Waals surface area (Å²) in [7, 11) is 0. The smallest absolute Gasteiger partial charge is 0.855 e. The maximum Gasteiger partial charge on any atom is 4.00 e. The van der Waals surface area contributed by atoms with Crippen LogP contribution in [0.2, 0.25) is 0 Å². The maximum atomic E-state index is 8.93. The third-order valence-electron chi connectivity index (χ3n) is 0. The molecule has 100 valence electrons. The molecule has 0 bridgehead atoms. The monoisotopic (exact) mass is 254 g/mol. The molecule has 0 rings (SSSR count). The van der Waals surface area contributed by atoms with E-state index in [9.17, 15) is 0 Å². The van der Waals surface area contributed by atoms with Crippen LogP contribution in [-0.4, -0.2) is 49.1 Å². The Bertz CT molecular complexity index is 30.8. The minimum absolute atomic E-state index is 0. The van der Waals surface area contributed by atoms with E-state index in [0.717, 1.165) is 0 Å². The summed E-state index contributed by atoms with van der Waals surface area (Å²) >= 11 is 0. The van der Waals surface area contributed by atoms with Gasteiger partial charge in [-0.05, 0) is 6.92 Å². The third kappa shape index (κ3) is 8330000. The molecule has 0 saturated heterocycles. The molecule has 6 heteroatoms. The minimum Gasteiger partial charge on any atom is -0.855 e. The van der Waals surface area contributed by atoms with E-state index in [0.29, 0.717) is 0 Å². The molecule has 1 N–H and O–H groups in total. The molecular weight excluding hydrogens is 228 g/mol. The summed E-state index contributed by atoms with van der Waals surface area (Å²) in [5.74, 6) is 0. The molecule has 0 aliphatic carbocycles. The molecule has 0 fully saturated rings. The van der Waals surface area contributed by atoms with Crippen molar-refractivity contribution in [3.8, 4) is 0 Å². The van der Waals surface area contributed by atoms with Gasteiger partial charge in [0.05, 0.1) is 0 Å². The van der Waals surface area contributed by atoms with Gasteiger partial charge in [-0.15, -0.1) is 26.4 Å². The summed E-state index contributed by atoms with van der Waals surface area (Å²) in [6, 6.07) is 0. The Kier molecular flexibility index (Phi) is 264. The Morgan fingerprint density at radius 3 is 0.625 bits per heavy atom. The fourth-order valence-electron chi connectivity index (χ4n) is 0. The van der Waals surface area contributed by atoms with E-state index in [1.165, 1.54) is 0 Å². The van der Waals surface area contributed by atoms with Crippen molar-refractivity contribution in [2.75, 3.05) is 33.0 Å². The van der Waals surface area contributed by atoms with Crippen molar-refractivity contribution >= 4 is 11.0 Å². The molecule has 0 radical (unpaired) electrons. The predicted molar refractivity (Wildman–Crippen MR) is 60.7 cm³/mol. The van der Waals surface area contributed by atoms with Crippen molar-refractivity contribution in [2.24, 2.45) is 0 Å². The van der Waals surface area contributed by atoms with Crippen LogP contribution >= 0.6 is 0 Å². The largest absolute Gasteiger partial charge is 4.00 e. The summed E-state index contributed by atoms with van der Waals surface area (Å²) in [6.07, 6.45) is 0. The first-order valence-electron chi connectivity index (χ1n) is 5.01. The van der Waals surface area contributed by atoms with E-state index in [1.807, 2.05) is 0 Å². The van der Waals surface area contributed by atoms with Crippen LogP contribution in [0, 0.1) is 0 Å². The molecule has 0 heterocycles. The molecule has 0 atom stereocenters. The fraction of sp³-hybridized carbons (Fsp3) is 1.00. The summed E-state index contributed by atoms with van der Waals surface area (Å²) < 4.78 is 0. The van der Waals surface area contributed by atoms with Crippen molar-refractivity contribution in [2.45, 2.75) is 34.6 Å². The number of rotatable bonds is 0. The molecule has 0 saturated carbocycles. The van der Waals surface area contributed by atoms with Crippen LogP contribution in [0.4, 0.5) is 0 Å². The van der Waals surface area contributed by atoms with Crippen molar-refractivity contribution in [1.29, 1.82) is 0 Å². The van der Waals surface area contributed by atoms with E-state index in [-0.39, 0.29) is 44.0 Å². The SMILES string of the molecule is CCO.CC[O-].CC[O-].CC[O-].CC[O-].[Si+4]. The third-order valence-corrected chi connectivity index (χ3v) is 0. The van der Waals surface area contributed by atoms with Gasteiger partial charge in [-0.2, -0.15) is 0 Å². The Morgan fingerprint density at radius 2 is 0.625 bits per heavy atom. The Balaban J connectivity index is -0.0000000192. The van der Waals surface area contributed by atoms with Gasteiger partial charge in [0, 0.05) is 6.61 Å². The summed E-state index contributed by atoms with van der Waals surface area (Å²) in [5, 5.41) is 43.3. The van der Waals surface area contributed by atoms with E-state index < -0.39 is 0 Å². The zero-order valence-electron chi connectivity index (χ0n) is 11.1. The van der Waals surface area contributed by atoms with Crippen molar-refractivity contribution in [3.63, 3.8) is 0 Å². The number of hydrogen-bond donors (Lipinski definition) is 1. The Morgan fingerprint density at radius 1 is 0.625 bits per heavy atom. The molecule has 0 aromatic rings. The van der Waals surface area contributed by atoms with E-state index in [2.05, 4.69) is 0 Å². The number of hydrogen-bond acceptors (Lipinski definition) is 5. The van der Waals surface area contributed by atoms with E-state index >= 15 is 0 Å². The van der Waals surface area contributed by atoms with Crippen LogP contribution in [-0.2, 0) is 0 Å². The zero-order valence-corrected chi connectivity index (χ0v) is 12.1. The van der Waals surface area contributed by atoms with Crippen LogP contribution in [0.1, 0.15) is 34.6 Å². The Labute approximate surface area is 105 Å². The first-order valence-corrected chi connectivity index (χ1v) is 5.01. The first kappa shape index (κ1) is 36.0. The quantitative estimate of drug-likeness (QED) is 0.465. The van der Waals surface area contributed by atoms with Gasteiger partial charge < -0.3 is 25.5 Å². The molecule has 0 unspecified atom stereocenters. The second-order valence-electron chi connectivity index (χ2n) is 1.47. The fourth-order valence-corrected chi connectivity index (χ4v) is 0. The molecule has 0 spiro atoms. The molecule has 16 heavy (non-hydrogen) atoms. The van der Waals surface area contributed by atoms with Crippen LogP contribution < -0.4 is 20.4 Å². The van der Waals surface area contributed by atoms with Crippen LogP contribution in [0.15, 0.2) is 0 Å². The molecule has 0 aromatic carbocycles. The molecule has 5 nitrogen and oxygen atoms in total. The Hall–Kier alpha value is 0.0169.